The first-order valence-corrected chi connectivity index (χ1v) is 5.20. The summed E-state index contributed by atoms with van der Waals surface area (Å²) in [7, 11) is 5.92. The third kappa shape index (κ3) is 3.05. The maximum absolute atomic E-state index is 10.7. The van der Waals surface area contributed by atoms with Crippen LogP contribution in [-0.4, -0.2) is 43.7 Å². The first-order chi connectivity index (χ1) is 7.56. The van der Waals surface area contributed by atoms with Gasteiger partial charge < -0.3 is 15.3 Å². The van der Waals surface area contributed by atoms with Gasteiger partial charge in [-0.3, -0.25) is 0 Å². The number of carbonyl (C=O) groups is 1. The Hall–Kier alpha value is -1.39. The van der Waals surface area contributed by atoms with Crippen LogP contribution in [0.15, 0.2) is 24.3 Å². The molecular weight excluding hydrogens is 204 g/mol. The summed E-state index contributed by atoms with van der Waals surface area (Å²) in [5.74, 6) is -0.887. The molecule has 88 valence electrons. The van der Waals surface area contributed by atoms with Crippen LogP contribution >= 0.6 is 0 Å². The lowest BCUT2D eigenvalue weighted by atomic mass is 10.0. The average molecular weight is 222 g/mol. The topological polar surface area (TPSA) is 52.6 Å². The van der Waals surface area contributed by atoms with Gasteiger partial charge in [0.15, 0.2) is 0 Å². The molecule has 1 unspecified atom stereocenters. The second kappa shape index (κ2) is 5.63. The summed E-state index contributed by atoms with van der Waals surface area (Å²) in [5, 5.41) is 11.9. The van der Waals surface area contributed by atoms with Gasteiger partial charge in [0.05, 0.1) is 5.56 Å². The molecule has 0 spiro atoms. The Labute approximate surface area is 95.9 Å². The Morgan fingerprint density at radius 3 is 2.31 bits per heavy atom. The summed E-state index contributed by atoms with van der Waals surface area (Å²) in [4.78, 5) is 12.8. The molecule has 0 aromatic heterocycles. The van der Waals surface area contributed by atoms with E-state index in [-0.39, 0.29) is 6.04 Å². The predicted octanol–water partition coefficient (Wildman–Crippen LogP) is 1.21. The van der Waals surface area contributed by atoms with E-state index in [1.807, 2.05) is 33.3 Å². The third-order valence-corrected chi connectivity index (χ3v) is 2.56. The largest absolute Gasteiger partial charge is 0.478 e. The summed E-state index contributed by atoms with van der Waals surface area (Å²) in [6, 6.07) is 7.28. The van der Waals surface area contributed by atoms with Crippen molar-refractivity contribution in [1.29, 1.82) is 0 Å². The summed E-state index contributed by atoms with van der Waals surface area (Å²) < 4.78 is 0. The number of rotatable bonds is 5. The number of benzene rings is 1. The van der Waals surface area contributed by atoms with Gasteiger partial charge in [0.25, 0.3) is 0 Å². The molecule has 1 atom stereocenters. The van der Waals surface area contributed by atoms with Crippen LogP contribution in [0.2, 0.25) is 0 Å². The molecule has 0 amide bonds. The van der Waals surface area contributed by atoms with Gasteiger partial charge in [0.2, 0.25) is 0 Å². The number of hydrogen-bond donors (Lipinski definition) is 2. The van der Waals surface area contributed by atoms with E-state index in [1.165, 1.54) is 0 Å². The average Bonchev–Trinajstić information content (AvgIpc) is 2.25. The molecule has 0 aliphatic heterocycles. The molecule has 1 aromatic carbocycles. The van der Waals surface area contributed by atoms with Crippen molar-refractivity contribution in [1.82, 2.24) is 10.2 Å². The maximum atomic E-state index is 10.7. The van der Waals surface area contributed by atoms with Crippen LogP contribution in [0.4, 0.5) is 0 Å². The summed E-state index contributed by atoms with van der Waals surface area (Å²) in [6.45, 7) is 0.833. The van der Waals surface area contributed by atoms with E-state index in [4.69, 9.17) is 5.11 Å². The zero-order valence-electron chi connectivity index (χ0n) is 9.90. The minimum atomic E-state index is -0.887. The van der Waals surface area contributed by atoms with E-state index < -0.39 is 5.97 Å². The van der Waals surface area contributed by atoms with Crippen LogP contribution < -0.4 is 5.32 Å². The molecule has 0 saturated carbocycles. The molecule has 0 saturated heterocycles. The lowest BCUT2D eigenvalue weighted by molar-refractivity contribution is 0.0697. The molecule has 4 nitrogen and oxygen atoms in total. The lowest BCUT2D eigenvalue weighted by Gasteiger charge is -2.24. The molecule has 0 fully saturated rings. The van der Waals surface area contributed by atoms with Gasteiger partial charge in [0, 0.05) is 12.6 Å². The highest BCUT2D eigenvalue weighted by Crippen LogP contribution is 2.17. The second-order valence-corrected chi connectivity index (χ2v) is 3.96. The summed E-state index contributed by atoms with van der Waals surface area (Å²) in [6.07, 6.45) is 0. The fourth-order valence-corrected chi connectivity index (χ4v) is 1.64. The monoisotopic (exact) mass is 222 g/mol. The molecular formula is C12H18N2O2. The standard InChI is InChI=1S/C12H18N2O2/c1-13-8-11(14(2)3)9-4-6-10(7-5-9)12(15)16/h4-7,11,13H,8H2,1-3H3,(H,15,16). The van der Waals surface area contributed by atoms with Crippen LogP contribution in [0.25, 0.3) is 0 Å². The number of carboxylic acids is 1. The fraction of sp³-hybridized carbons (Fsp3) is 0.417. The van der Waals surface area contributed by atoms with Crippen LogP contribution in [0, 0.1) is 0 Å². The Morgan fingerprint density at radius 2 is 1.94 bits per heavy atom. The van der Waals surface area contributed by atoms with Crippen molar-refractivity contribution in [3.8, 4) is 0 Å². The van der Waals surface area contributed by atoms with E-state index in [0.29, 0.717) is 5.56 Å². The molecule has 0 aliphatic rings. The minimum Gasteiger partial charge on any atom is -0.478 e. The predicted molar refractivity (Wildman–Crippen MR) is 63.8 cm³/mol. The van der Waals surface area contributed by atoms with Crippen LogP contribution in [0.1, 0.15) is 22.0 Å². The smallest absolute Gasteiger partial charge is 0.335 e. The minimum absolute atomic E-state index is 0.257. The first-order valence-electron chi connectivity index (χ1n) is 5.20. The van der Waals surface area contributed by atoms with Crippen molar-refractivity contribution in [3.63, 3.8) is 0 Å². The van der Waals surface area contributed by atoms with Crippen molar-refractivity contribution in [3.05, 3.63) is 35.4 Å². The summed E-state index contributed by atoms with van der Waals surface area (Å²) in [5.41, 5.74) is 1.44. The SMILES string of the molecule is CNCC(c1ccc(C(=O)O)cc1)N(C)C. The number of nitrogens with one attached hydrogen (secondary N) is 1. The van der Waals surface area contributed by atoms with Crippen molar-refractivity contribution in [2.45, 2.75) is 6.04 Å². The first kappa shape index (κ1) is 12.7. The van der Waals surface area contributed by atoms with Crippen molar-refractivity contribution < 1.29 is 9.90 Å². The lowest BCUT2D eigenvalue weighted by Crippen LogP contribution is -2.29. The highest BCUT2D eigenvalue weighted by Gasteiger charge is 2.13. The van der Waals surface area contributed by atoms with Crippen LogP contribution in [0.5, 0.6) is 0 Å². The van der Waals surface area contributed by atoms with Crippen molar-refractivity contribution in [2.24, 2.45) is 0 Å². The van der Waals surface area contributed by atoms with E-state index in [1.54, 1.807) is 12.1 Å². The Bertz CT molecular complexity index is 347. The van der Waals surface area contributed by atoms with E-state index in [2.05, 4.69) is 10.2 Å². The zero-order valence-corrected chi connectivity index (χ0v) is 9.90. The Morgan fingerprint density at radius 1 is 1.38 bits per heavy atom. The number of likely N-dealkylation sites (N-methyl/N-ethyl adjacent to an activating group) is 2. The summed E-state index contributed by atoms with van der Waals surface area (Å²) >= 11 is 0. The van der Waals surface area contributed by atoms with Gasteiger partial charge >= 0.3 is 5.97 Å². The highest BCUT2D eigenvalue weighted by atomic mass is 16.4. The Balaban J connectivity index is 2.89. The maximum Gasteiger partial charge on any atom is 0.335 e. The molecule has 4 heteroatoms. The molecule has 1 aromatic rings. The third-order valence-electron chi connectivity index (χ3n) is 2.56. The van der Waals surface area contributed by atoms with E-state index in [9.17, 15) is 4.79 Å². The zero-order chi connectivity index (χ0) is 12.1. The number of carboxylic acid groups (broad SMARTS) is 1. The number of nitrogens with zero attached hydrogens (tertiary/aromatic N) is 1. The van der Waals surface area contributed by atoms with Gasteiger partial charge in [-0.05, 0) is 38.8 Å². The van der Waals surface area contributed by atoms with E-state index >= 15 is 0 Å². The van der Waals surface area contributed by atoms with Gasteiger partial charge in [-0.1, -0.05) is 12.1 Å². The van der Waals surface area contributed by atoms with Gasteiger partial charge in [-0.15, -0.1) is 0 Å². The molecule has 0 bridgehead atoms. The highest BCUT2D eigenvalue weighted by molar-refractivity contribution is 5.87. The molecule has 0 aliphatic carbocycles. The van der Waals surface area contributed by atoms with Gasteiger partial charge in [0.1, 0.15) is 0 Å². The van der Waals surface area contributed by atoms with Gasteiger partial charge in [-0.25, -0.2) is 4.79 Å². The molecule has 2 N–H and O–H groups in total. The van der Waals surface area contributed by atoms with E-state index in [0.717, 1.165) is 12.1 Å². The Kier molecular flexibility index (Phi) is 4.46. The fourth-order valence-electron chi connectivity index (χ4n) is 1.64. The molecule has 1 rings (SSSR count). The quantitative estimate of drug-likeness (QED) is 0.786. The molecule has 0 radical (unpaired) electrons. The number of aromatic carboxylic acids is 1. The molecule has 0 heterocycles. The van der Waals surface area contributed by atoms with Crippen molar-refractivity contribution in [2.75, 3.05) is 27.7 Å². The van der Waals surface area contributed by atoms with Crippen LogP contribution in [0.3, 0.4) is 0 Å². The van der Waals surface area contributed by atoms with Gasteiger partial charge in [-0.2, -0.15) is 0 Å². The van der Waals surface area contributed by atoms with Crippen molar-refractivity contribution >= 4 is 5.97 Å². The second-order valence-electron chi connectivity index (χ2n) is 3.96. The van der Waals surface area contributed by atoms with Crippen LogP contribution in [-0.2, 0) is 0 Å². The normalized spacial score (nSPS) is 12.8. The molecule has 16 heavy (non-hydrogen) atoms. The number of hydrogen-bond acceptors (Lipinski definition) is 3.